The first-order valence-electron chi connectivity index (χ1n) is 9.52. The van der Waals surface area contributed by atoms with Gasteiger partial charge in [0.25, 0.3) is 11.8 Å². The van der Waals surface area contributed by atoms with Crippen molar-refractivity contribution in [2.75, 3.05) is 0 Å². The number of amides is 2. The predicted octanol–water partition coefficient (Wildman–Crippen LogP) is 2.92. The van der Waals surface area contributed by atoms with Gasteiger partial charge in [0.05, 0.1) is 5.56 Å². The minimum atomic E-state index is -1.14. The van der Waals surface area contributed by atoms with E-state index >= 15 is 0 Å². The van der Waals surface area contributed by atoms with Gasteiger partial charge in [-0.25, -0.2) is 4.79 Å². The average Bonchev–Trinajstić information content (AvgIpc) is 2.82. The smallest absolute Gasteiger partial charge is 0.338 e. The standard InChI is InChI=1S/C24H20N2O5/c1-16(22(28)25-26-23(29)19-10-6-3-7-11-19)31-24(30)20-14-12-18(13-15-20)21(27)17-8-4-2-5-9-17/h2-16H,1H3,(H,25,28)(H,26,29)/t16-/m0/s1. The van der Waals surface area contributed by atoms with Crippen LogP contribution in [0, 0.1) is 0 Å². The molecule has 0 bridgehead atoms. The van der Waals surface area contributed by atoms with E-state index in [4.69, 9.17) is 4.74 Å². The molecule has 7 heteroatoms. The molecule has 0 saturated carbocycles. The molecule has 0 fully saturated rings. The molecule has 0 heterocycles. The first-order chi connectivity index (χ1) is 15.0. The summed E-state index contributed by atoms with van der Waals surface area (Å²) in [5.74, 6) is -2.07. The molecular formula is C24H20N2O5. The second kappa shape index (κ2) is 9.98. The highest BCUT2D eigenvalue weighted by atomic mass is 16.5. The van der Waals surface area contributed by atoms with Crippen LogP contribution < -0.4 is 10.9 Å². The molecule has 31 heavy (non-hydrogen) atoms. The van der Waals surface area contributed by atoms with Crippen LogP contribution in [0.1, 0.15) is 43.6 Å². The SMILES string of the molecule is C[C@H](OC(=O)c1ccc(C(=O)c2ccccc2)cc1)C(=O)NNC(=O)c1ccccc1. The lowest BCUT2D eigenvalue weighted by molar-refractivity contribution is -0.129. The molecule has 0 unspecified atom stereocenters. The normalized spacial score (nSPS) is 11.1. The quantitative estimate of drug-likeness (QED) is 0.366. The van der Waals surface area contributed by atoms with Crippen molar-refractivity contribution in [2.24, 2.45) is 0 Å². The number of hydrazine groups is 1. The van der Waals surface area contributed by atoms with E-state index < -0.39 is 23.9 Å². The van der Waals surface area contributed by atoms with E-state index in [2.05, 4.69) is 10.9 Å². The number of carbonyl (C=O) groups excluding carboxylic acids is 4. The van der Waals surface area contributed by atoms with Crippen molar-refractivity contribution in [3.05, 3.63) is 107 Å². The van der Waals surface area contributed by atoms with E-state index in [-0.39, 0.29) is 11.3 Å². The Kier molecular flexibility index (Phi) is 6.90. The fraction of sp³-hybridized carbons (Fsp3) is 0.0833. The number of benzene rings is 3. The molecular weight excluding hydrogens is 396 g/mol. The summed E-state index contributed by atoms with van der Waals surface area (Å²) in [5.41, 5.74) is 6.02. The highest BCUT2D eigenvalue weighted by Crippen LogP contribution is 2.12. The lowest BCUT2D eigenvalue weighted by Gasteiger charge is -2.14. The van der Waals surface area contributed by atoms with Crippen LogP contribution >= 0.6 is 0 Å². The molecule has 3 aromatic carbocycles. The Hall–Kier alpha value is -4.26. The van der Waals surface area contributed by atoms with Crippen LogP contribution in [0.15, 0.2) is 84.9 Å². The number of carbonyl (C=O) groups is 4. The molecule has 2 amide bonds. The Morgan fingerprint density at radius 2 is 1.13 bits per heavy atom. The summed E-state index contributed by atoms with van der Waals surface area (Å²) >= 11 is 0. The lowest BCUT2D eigenvalue weighted by atomic mass is 10.0. The summed E-state index contributed by atoms with van der Waals surface area (Å²) in [5, 5.41) is 0. The van der Waals surface area contributed by atoms with E-state index in [1.165, 1.54) is 31.2 Å². The minimum absolute atomic E-state index is 0.164. The number of ether oxygens (including phenoxy) is 1. The zero-order valence-corrected chi connectivity index (χ0v) is 16.7. The summed E-state index contributed by atoms with van der Waals surface area (Å²) in [7, 11) is 0. The van der Waals surface area contributed by atoms with Gasteiger partial charge in [-0.3, -0.25) is 25.2 Å². The summed E-state index contributed by atoms with van der Waals surface area (Å²) in [6.07, 6.45) is -1.14. The van der Waals surface area contributed by atoms with Crippen LogP contribution in [-0.2, 0) is 9.53 Å². The van der Waals surface area contributed by atoms with Gasteiger partial charge in [0.2, 0.25) is 0 Å². The third kappa shape index (κ3) is 5.63. The van der Waals surface area contributed by atoms with Gasteiger partial charge in [-0.2, -0.15) is 0 Å². The van der Waals surface area contributed by atoms with Crippen LogP contribution in [0.4, 0.5) is 0 Å². The minimum Gasteiger partial charge on any atom is -0.449 e. The highest BCUT2D eigenvalue weighted by Gasteiger charge is 2.20. The van der Waals surface area contributed by atoms with Gasteiger partial charge in [-0.1, -0.05) is 60.7 Å². The molecule has 1 atom stereocenters. The fourth-order valence-corrected chi connectivity index (χ4v) is 2.68. The molecule has 0 spiro atoms. The monoisotopic (exact) mass is 416 g/mol. The molecule has 0 aromatic heterocycles. The van der Waals surface area contributed by atoms with Gasteiger partial charge >= 0.3 is 5.97 Å². The second-order valence-electron chi connectivity index (χ2n) is 6.63. The molecule has 0 aliphatic carbocycles. The summed E-state index contributed by atoms with van der Waals surface area (Å²) in [6, 6.07) is 23.1. The zero-order valence-electron chi connectivity index (χ0n) is 16.7. The number of esters is 1. The first-order valence-corrected chi connectivity index (χ1v) is 9.52. The molecule has 0 aliphatic heterocycles. The van der Waals surface area contributed by atoms with Crippen LogP contribution in [0.5, 0.6) is 0 Å². The van der Waals surface area contributed by atoms with Crippen LogP contribution in [0.25, 0.3) is 0 Å². The van der Waals surface area contributed by atoms with E-state index in [1.54, 1.807) is 54.6 Å². The van der Waals surface area contributed by atoms with Crippen LogP contribution in [0.3, 0.4) is 0 Å². The Balaban J connectivity index is 1.53. The Labute approximate surface area is 179 Å². The molecule has 7 nitrogen and oxygen atoms in total. The zero-order chi connectivity index (χ0) is 22.2. The molecule has 156 valence electrons. The van der Waals surface area contributed by atoms with Crippen molar-refractivity contribution in [3.8, 4) is 0 Å². The third-order valence-corrected chi connectivity index (χ3v) is 4.41. The van der Waals surface area contributed by atoms with Gasteiger partial charge in [-0.05, 0) is 31.2 Å². The van der Waals surface area contributed by atoms with E-state index in [0.29, 0.717) is 16.7 Å². The maximum atomic E-state index is 12.4. The van der Waals surface area contributed by atoms with Crippen molar-refractivity contribution >= 4 is 23.6 Å². The summed E-state index contributed by atoms with van der Waals surface area (Å²) < 4.78 is 5.13. The van der Waals surface area contributed by atoms with Crippen molar-refractivity contribution in [1.82, 2.24) is 10.9 Å². The second-order valence-corrected chi connectivity index (χ2v) is 6.63. The molecule has 3 rings (SSSR count). The van der Waals surface area contributed by atoms with Gasteiger partial charge in [0.1, 0.15) is 0 Å². The summed E-state index contributed by atoms with van der Waals surface area (Å²) in [4.78, 5) is 48.8. The Morgan fingerprint density at radius 3 is 1.71 bits per heavy atom. The first kappa shape index (κ1) is 21.4. The van der Waals surface area contributed by atoms with E-state index in [1.807, 2.05) is 6.07 Å². The fourth-order valence-electron chi connectivity index (χ4n) is 2.68. The molecule has 0 aliphatic rings. The van der Waals surface area contributed by atoms with Crippen molar-refractivity contribution in [1.29, 1.82) is 0 Å². The van der Waals surface area contributed by atoms with Crippen LogP contribution in [-0.4, -0.2) is 29.7 Å². The van der Waals surface area contributed by atoms with Crippen molar-refractivity contribution in [3.63, 3.8) is 0 Å². The van der Waals surface area contributed by atoms with Gasteiger partial charge in [0, 0.05) is 16.7 Å². The summed E-state index contributed by atoms with van der Waals surface area (Å²) in [6.45, 7) is 1.38. The Bertz CT molecular complexity index is 1080. The Morgan fingerprint density at radius 1 is 0.645 bits per heavy atom. The van der Waals surface area contributed by atoms with Gasteiger partial charge < -0.3 is 4.74 Å². The largest absolute Gasteiger partial charge is 0.449 e. The highest BCUT2D eigenvalue weighted by molar-refractivity contribution is 6.09. The number of hydrogen-bond donors (Lipinski definition) is 2. The molecule has 0 radical (unpaired) electrons. The topological polar surface area (TPSA) is 102 Å². The van der Waals surface area contributed by atoms with Crippen molar-refractivity contribution < 1.29 is 23.9 Å². The van der Waals surface area contributed by atoms with Gasteiger partial charge in [-0.15, -0.1) is 0 Å². The lowest BCUT2D eigenvalue weighted by Crippen LogP contribution is -2.46. The molecule has 0 saturated heterocycles. The maximum absolute atomic E-state index is 12.4. The van der Waals surface area contributed by atoms with E-state index in [0.717, 1.165) is 0 Å². The number of hydrogen-bond acceptors (Lipinski definition) is 5. The maximum Gasteiger partial charge on any atom is 0.338 e. The average molecular weight is 416 g/mol. The predicted molar refractivity (Wildman–Crippen MR) is 113 cm³/mol. The third-order valence-electron chi connectivity index (χ3n) is 4.41. The number of ketones is 1. The number of rotatable bonds is 6. The molecule has 3 aromatic rings. The van der Waals surface area contributed by atoms with Crippen molar-refractivity contribution in [2.45, 2.75) is 13.0 Å². The molecule has 2 N–H and O–H groups in total. The van der Waals surface area contributed by atoms with Crippen LogP contribution in [0.2, 0.25) is 0 Å². The number of nitrogens with one attached hydrogen (secondary N) is 2. The van der Waals surface area contributed by atoms with E-state index in [9.17, 15) is 19.2 Å². The van der Waals surface area contributed by atoms with Gasteiger partial charge in [0.15, 0.2) is 11.9 Å².